The van der Waals surface area contributed by atoms with Crippen LogP contribution in [0.3, 0.4) is 0 Å². The minimum absolute atomic E-state index is 0.0855. The first-order valence-electron chi connectivity index (χ1n) is 5.74. The third-order valence-electron chi connectivity index (χ3n) is 3.62. The first-order chi connectivity index (χ1) is 7.40. The molecule has 86 valence electrons. The Balaban J connectivity index is 2.09. The van der Waals surface area contributed by atoms with Crippen LogP contribution in [0.2, 0.25) is 0 Å². The lowest BCUT2D eigenvalue weighted by molar-refractivity contribution is 0.0286. The summed E-state index contributed by atoms with van der Waals surface area (Å²) in [4.78, 5) is 5.93. The summed E-state index contributed by atoms with van der Waals surface area (Å²) in [6, 6.07) is 10.4. The molecule has 1 aromatic rings. The van der Waals surface area contributed by atoms with Gasteiger partial charge in [-0.3, -0.25) is 10.2 Å². The average molecular weight is 218 g/mol. The van der Waals surface area contributed by atoms with Crippen molar-refractivity contribution >= 4 is 0 Å². The molecule has 0 spiro atoms. The SMILES string of the molecule is CC1(C)NC(C)(C)C2(c3ccccc3)ON12. The number of rotatable bonds is 1. The van der Waals surface area contributed by atoms with Crippen molar-refractivity contribution in [3.8, 4) is 0 Å². The summed E-state index contributed by atoms with van der Waals surface area (Å²) in [6.45, 7) is 8.67. The molecule has 1 N–H and O–H groups in total. The number of nitrogens with one attached hydrogen (secondary N) is 1. The molecule has 2 aliphatic rings. The Morgan fingerprint density at radius 2 is 1.69 bits per heavy atom. The van der Waals surface area contributed by atoms with Crippen LogP contribution in [-0.2, 0) is 10.6 Å². The summed E-state index contributed by atoms with van der Waals surface area (Å²) in [5, 5.41) is 5.67. The average Bonchev–Trinajstić information content (AvgIpc) is 2.91. The predicted octanol–water partition coefficient (Wildman–Crippen LogP) is 2.20. The van der Waals surface area contributed by atoms with Gasteiger partial charge in [-0.25, -0.2) is 0 Å². The van der Waals surface area contributed by atoms with Gasteiger partial charge in [-0.2, -0.15) is 0 Å². The molecule has 2 fully saturated rings. The third kappa shape index (κ3) is 1.03. The number of nitrogens with zero attached hydrogens (tertiary/aromatic N) is 1. The van der Waals surface area contributed by atoms with Gasteiger partial charge in [0, 0.05) is 5.56 Å². The minimum atomic E-state index is -0.294. The van der Waals surface area contributed by atoms with Crippen molar-refractivity contribution in [1.82, 2.24) is 10.4 Å². The zero-order chi connectivity index (χ0) is 11.6. The summed E-state index contributed by atoms with van der Waals surface area (Å²) >= 11 is 0. The van der Waals surface area contributed by atoms with Crippen LogP contribution in [0.4, 0.5) is 0 Å². The van der Waals surface area contributed by atoms with E-state index < -0.39 is 0 Å². The van der Waals surface area contributed by atoms with Crippen LogP contribution < -0.4 is 5.32 Å². The predicted molar refractivity (Wildman–Crippen MR) is 62.3 cm³/mol. The highest BCUT2D eigenvalue weighted by atomic mass is 16.9. The molecule has 0 saturated carbocycles. The Morgan fingerprint density at radius 3 is 2.12 bits per heavy atom. The second kappa shape index (κ2) is 2.67. The Kier molecular flexibility index (Phi) is 1.71. The maximum Gasteiger partial charge on any atom is 0.209 e. The van der Waals surface area contributed by atoms with E-state index in [0.717, 1.165) is 0 Å². The van der Waals surface area contributed by atoms with E-state index in [1.807, 2.05) is 6.07 Å². The van der Waals surface area contributed by atoms with E-state index in [0.29, 0.717) is 0 Å². The topological polar surface area (TPSA) is 27.6 Å². The summed E-state index contributed by atoms with van der Waals surface area (Å²) in [5.74, 6) is 0. The smallest absolute Gasteiger partial charge is 0.209 e. The Morgan fingerprint density at radius 1 is 1.06 bits per heavy atom. The Bertz CT molecular complexity index is 427. The highest BCUT2D eigenvalue weighted by Crippen LogP contribution is 2.60. The van der Waals surface area contributed by atoms with Gasteiger partial charge >= 0.3 is 0 Å². The van der Waals surface area contributed by atoms with Crippen molar-refractivity contribution in [2.45, 2.75) is 44.6 Å². The molecule has 0 aromatic heterocycles. The number of hydroxylamine groups is 2. The second-order valence-corrected chi connectivity index (χ2v) is 5.70. The van der Waals surface area contributed by atoms with E-state index in [1.165, 1.54) is 5.56 Å². The number of hydrogen-bond acceptors (Lipinski definition) is 3. The van der Waals surface area contributed by atoms with Crippen LogP contribution >= 0.6 is 0 Å². The van der Waals surface area contributed by atoms with Gasteiger partial charge in [0.2, 0.25) is 5.72 Å². The largest absolute Gasteiger partial charge is 0.288 e. The van der Waals surface area contributed by atoms with Crippen molar-refractivity contribution < 1.29 is 4.84 Å². The van der Waals surface area contributed by atoms with E-state index in [9.17, 15) is 0 Å². The normalized spacial score (nSPS) is 38.1. The van der Waals surface area contributed by atoms with Crippen molar-refractivity contribution in [1.29, 1.82) is 0 Å². The van der Waals surface area contributed by atoms with Crippen molar-refractivity contribution in [3.05, 3.63) is 35.9 Å². The molecule has 0 aliphatic carbocycles. The lowest BCUT2D eigenvalue weighted by atomic mass is 9.88. The Hall–Kier alpha value is -0.900. The molecule has 2 heterocycles. The molecule has 0 bridgehead atoms. The summed E-state index contributed by atoms with van der Waals surface area (Å²) in [7, 11) is 0. The lowest BCUT2D eigenvalue weighted by Crippen LogP contribution is -2.51. The summed E-state index contributed by atoms with van der Waals surface area (Å²) in [6.07, 6.45) is 0. The monoisotopic (exact) mass is 218 g/mol. The highest BCUT2D eigenvalue weighted by molar-refractivity contribution is 5.33. The Labute approximate surface area is 96.4 Å². The minimum Gasteiger partial charge on any atom is -0.288 e. The van der Waals surface area contributed by atoms with Crippen LogP contribution in [0.5, 0.6) is 0 Å². The molecule has 2 unspecified atom stereocenters. The van der Waals surface area contributed by atoms with Gasteiger partial charge in [0.15, 0.2) is 0 Å². The zero-order valence-electron chi connectivity index (χ0n) is 10.2. The highest BCUT2D eigenvalue weighted by Gasteiger charge is 2.76. The zero-order valence-corrected chi connectivity index (χ0v) is 10.2. The molecule has 3 heteroatoms. The molecule has 3 nitrogen and oxygen atoms in total. The van der Waals surface area contributed by atoms with Crippen LogP contribution in [0.1, 0.15) is 33.3 Å². The van der Waals surface area contributed by atoms with Gasteiger partial charge in [-0.15, -0.1) is 5.06 Å². The van der Waals surface area contributed by atoms with E-state index in [1.54, 1.807) is 0 Å². The standard InChI is InChI=1S/C13H18N2O/c1-11(2)13(10-8-6-5-7-9-10)15(16-13)12(3,4)14-11/h5-9,14H,1-4H3. The third-order valence-corrected chi connectivity index (χ3v) is 3.62. The van der Waals surface area contributed by atoms with Crippen LogP contribution in [0.15, 0.2) is 30.3 Å². The number of benzene rings is 1. The fourth-order valence-corrected chi connectivity index (χ4v) is 3.08. The molecule has 1 aromatic carbocycles. The van der Waals surface area contributed by atoms with Crippen LogP contribution in [0, 0.1) is 0 Å². The maximum absolute atomic E-state index is 5.93. The van der Waals surface area contributed by atoms with Crippen molar-refractivity contribution in [3.63, 3.8) is 0 Å². The van der Waals surface area contributed by atoms with Crippen LogP contribution in [-0.4, -0.2) is 16.3 Å². The molecule has 0 radical (unpaired) electrons. The number of hydrogen-bond donors (Lipinski definition) is 1. The first kappa shape index (κ1) is 10.3. The molecule has 0 amide bonds. The molecule has 2 aliphatic heterocycles. The van der Waals surface area contributed by atoms with Gasteiger partial charge < -0.3 is 0 Å². The second-order valence-electron chi connectivity index (χ2n) is 5.70. The van der Waals surface area contributed by atoms with Crippen LogP contribution in [0.25, 0.3) is 0 Å². The number of fused-ring (bicyclic) bond motifs is 1. The van der Waals surface area contributed by atoms with E-state index in [-0.39, 0.29) is 16.9 Å². The van der Waals surface area contributed by atoms with Gasteiger partial charge in [-0.1, -0.05) is 30.3 Å². The van der Waals surface area contributed by atoms with Gasteiger partial charge in [-0.05, 0) is 27.7 Å². The van der Waals surface area contributed by atoms with E-state index in [2.05, 4.69) is 62.3 Å². The van der Waals surface area contributed by atoms with Crippen molar-refractivity contribution in [2.24, 2.45) is 0 Å². The molecular formula is C13H18N2O. The molecular weight excluding hydrogens is 200 g/mol. The first-order valence-corrected chi connectivity index (χ1v) is 5.74. The summed E-state index contributed by atoms with van der Waals surface area (Å²) < 4.78 is 0. The molecule has 2 saturated heterocycles. The molecule has 3 rings (SSSR count). The van der Waals surface area contributed by atoms with Gasteiger partial charge in [0.25, 0.3) is 0 Å². The fourth-order valence-electron chi connectivity index (χ4n) is 3.08. The fraction of sp³-hybridized carbons (Fsp3) is 0.538. The van der Waals surface area contributed by atoms with Gasteiger partial charge in [0.1, 0.15) is 0 Å². The quantitative estimate of drug-likeness (QED) is 0.732. The molecule has 16 heavy (non-hydrogen) atoms. The maximum atomic E-state index is 5.93. The molecule has 2 atom stereocenters. The van der Waals surface area contributed by atoms with Crippen molar-refractivity contribution in [2.75, 3.05) is 0 Å². The summed E-state index contributed by atoms with van der Waals surface area (Å²) in [5.41, 5.74) is 0.729. The lowest BCUT2D eigenvalue weighted by Gasteiger charge is -2.30. The van der Waals surface area contributed by atoms with Gasteiger partial charge in [0.05, 0.1) is 11.2 Å². The van der Waals surface area contributed by atoms with E-state index in [4.69, 9.17) is 4.84 Å². The van der Waals surface area contributed by atoms with E-state index >= 15 is 0 Å².